The summed E-state index contributed by atoms with van der Waals surface area (Å²) in [5, 5.41) is 9.06. The third-order valence-corrected chi connectivity index (χ3v) is 9.81. The molecule has 1 saturated heterocycles. The molecule has 0 aromatic carbocycles. The van der Waals surface area contributed by atoms with Crippen molar-refractivity contribution < 1.29 is 9.53 Å². The molecule has 3 aromatic rings. The molecule has 1 amide bonds. The lowest BCUT2D eigenvalue weighted by molar-refractivity contribution is 0.0984. The first-order chi connectivity index (χ1) is 18.7. The Morgan fingerprint density at radius 3 is 2.54 bits per heavy atom. The molecule has 3 aliphatic rings. The zero-order chi connectivity index (χ0) is 27.3. The van der Waals surface area contributed by atoms with Gasteiger partial charge < -0.3 is 9.64 Å². The quantitative estimate of drug-likeness (QED) is 0.387. The second-order valence-electron chi connectivity index (χ2n) is 12.3. The normalized spacial score (nSPS) is 25.4. The van der Waals surface area contributed by atoms with Gasteiger partial charge in [-0.25, -0.2) is 9.67 Å². The number of rotatable bonds is 8. The van der Waals surface area contributed by atoms with Crippen molar-refractivity contribution in [1.29, 1.82) is 0 Å². The van der Waals surface area contributed by atoms with Crippen molar-refractivity contribution in [3.8, 4) is 11.7 Å². The molecule has 1 aliphatic heterocycles. The second-order valence-corrected chi connectivity index (χ2v) is 13.2. The second kappa shape index (κ2) is 10.2. The number of anilines is 1. The first kappa shape index (κ1) is 26.2. The topological polar surface area (TPSA) is 90.1 Å². The first-order valence-corrected chi connectivity index (χ1v) is 14.9. The van der Waals surface area contributed by atoms with Gasteiger partial charge in [0.1, 0.15) is 5.82 Å². The van der Waals surface area contributed by atoms with Crippen LogP contribution in [-0.2, 0) is 7.05 Å². The highest BCUT2D eigenvalue weighted by Crippen LogP contribution is 2.49. The maximum atomic E-state index is 13.5. The van der Waals surface area contributed by atoms with E-state index in [1.54, 1.807) is 9.36 Å². The standard InChI is InChI=1S/C29H39N7O2S/c1-18-14-29(3,4)35(15-18)27-22(28(37)33-39-24-16-34(5)31-19(24)2)10-11-25(30-27)36-13-12-26(32-36)38-17-23-20-6-7-21(23)9-8-20/h10-13,16,18,20-21,23H,6-9,14-15,17H2,1-5H3,(H,33,37)/t18-,20?,21?,23?/m0/s1. The molecular weight excluding hydrogens is 510 g/mol. The van der Waals surface area contributed by atoms with E-state index in [1.165, 1.54) is 37.6 Å². The summed E-state index contributed by atoms with van der Waals surface area (Å²) in [6, 6.07) is 5.63. The minimum Gasteiger partial charge on any atom is -0.476 e. The molecule has 1 N–H and O–H groups in total. The molecular formula is C29H39N7O2S. The summed E-state index contributed by atoms with van der Waals surface area (Å²) in [6.45, 7) is 10.2. The van der Waals surface area contributed by atoms with E-state index in [2.05, 4.69) is 35.5 Å². The Morgan fingerprint density at radius 1 is 1.15 bits per heavy atom. The van der Waals surface area contributed by atoms with E-state index < -0.39 is 0 Å². The number of hydrogen-bond donors (Lipinski definition) is 1. The van der Waals surface area contributed by atoms with E-state index in [0.717, 1.165) is 42.0 Å². The van der Waals surface area contributed by atoms with Gasteiger partial charge in [0.25, 0.3) is 5.91 Å². The molecule has 0 unspecified atom stereocenters. The van der Waals surface area contributed by atoms with E-state index in [1.807, 2.05) is 44.6 Å². The van der Waals surface area contributed by atoms with Gasteiger partial charge in [-0.05, 0) is 101 Å². The summed E-state index contributed by atoms with van der Waals surface area (Å²) in [7, 11) is 1.88. The monoisotopic (exact) mass is 549 g/mol. The molecule has 2 saturated carbocycles. The van der Waals surface area contributed by atoms with E-state index in [-0.39, 0.29) is 11.4 Å². The Balaban J connectivity index is 1.24. The summed E-state index contributed by atoms with van der Waals surface area (Å²) in [6.07, 6.45) is 10.2. The van der Waals surface area contributed by atoms with Gasteiger partial charge in [-0.3, -0.25) is 14.2 Å². The van der Waals surface area contributed by atoms with Crippen LogP contribution in [0.1, 0.15) is 68.9 Å². The molecule has 39 heavy (non-hydrogen) atoms. The fourth-order valence-corrected chi connectivity index (χ4v) is 7.80. The maximum absolute atomic E-state index is 13.5. The third kappa shape index (κ3) is 5.15. The van der Waals surface area contributed by atoms with Gasteiger partial charge in [0.2, 0.25) is 5.88 Å². The Hall–Kier alpha value is -3.01. The van der Waals surface area contributed by atoms with Crippen LogP contribution < -0.4 is 14.4 Å². The predicted octanol–water partition coefficient (Wildman–Crippen LogP) is 5.19. The van der Waals surface area contributed by atoms with Crippen LogP contribution in [0.3, 0.4) is 0 Å². The zero-order valence-corrected chi connectivity index (χ0v) is 24.4. The van der Waals surface area contributed by atoms with Gasteiger partial charge >= 0.3 is 0 Å². The van der Waals surface area contributed by atoms with Crippen molar-refractivity contribution in [3.05, 3.63) is 41.9 Å². The Morgan fingerprint density at radius 2 is 1.90 bits per heavy atom. The fourth-order valence-electron chi connectivity index (χ4n) is 7.09. The molecule has 2 bridgehead atoms. The minimum atomic E-state index is -0.177. The smallest absolute Gasteiger partial charge is 0.265 e. The number of nitrogens with one attached hydrogen (secondary N) is 1. The molecule has 0 radical (unpaired) electrons. The number of carbonyl (C=O) groups excluding carboxylic acids is 1. The summed E-state index contributed by atoms with van der Waals surface area (Å²) < 4.78 is 12.7. The lowest BCUT2D eigenvalue weighted by Gasteiger charge is -2.34. The van der Waals surface area contributed by atoms with Gasteiger partial charge in [0.05, 0.1) is 22.8 Å². The number of hydrogen-bond acceptors (Lipinski definition) is 7. The summed E-state index contributed by atoms with van der Waals surface area (Å²) in [5.74, 6) is 4.63. The molecule has 208 valence electrons. The van der Waals surface area contributed by atoms with Gasteiger partial charge in [0.15, 0.2) is 5.82 Å². The molecule has 9 nitrogen and oxygen atoms in total. The van der Waals surface area contributed by atoms with Crippen LogP contribution in [-0.4, -0.2) is 49.1 Å². The van der Waals surface area contributed by atoms with Crippen LogP contribution >= 0.6 is 11.9 Å². The highest BCUT2D eigenvalue weighted by molar-refractivity contribution is 7.98. The van der Waals surface area contributed by atoms with E-state index in [0.29, 0.717) is 34.9 Å². The van der Waals surface area contributed by atoms with Gasteiger partial charge in [-0.1, -0.05) is 6.92 Å². The molecule has 4 heterocycles. The first-order valence-electron chi connectivity index (χ1n) is 14.1. The van der Waals surface area contributed by atoms with Gasteiger partial charge in [0, 0.05) is 37.6 Å². The van der Waals surface area contributed by atoms with Crippen LogP contribution in [0.5, 0.6) is 5.88 Å². The lowest BCUT2D eigenvalue weighted by Crippen LogP contribution is -2.40. The van der Waals surface area contributed by atoms with E-state index in [4.69, 9.17) is 14.8 Å². The number of carbonyl (C=O) groups is 1. The van der Waals surface area contributed by atoms with E-state index in [9.17, 15) is 4.79 Å². The van der Waals surface area contributed by atoms with Crippen molar-refractivity contribution in [1.82, 2.24) is 29.3 Å². The van der Waals surface area contributed by atoms with Crippen LogP contribution in [0.25, 0.3) is 5.82 Å². The lowest BCUT2D eigenvalue weighted by atomic mass is 9.97. The summed E-state index contributed by atoms with van der Waals surface area (Å²) >= 11 is 1.28. The average molecular weight is 550 g/mol. The van der Waals surface area contributed by atoms with Crippen molar-refractivity contribution in [3.63, 3.8) is 0 Å². The minimum absolute atomic E-state index is 0.119. The number of aryl methyl sites for hydroxylation is 2. The van der Waals surface area contributed by atoms with Crippen LogP contribution in [0, 0.1) is 30.6 Å². The molecule has 1 atom stereocenters. The number of aromatic nitrogens is 5. The number of ether oxygens (including phenoxy) is 1. The van der Waals surface area contributed by atoms with Crippen molar-refractivity contribution >= 4 is 23.7 Å². The number of fused-ring (bicyclic) bond motifs is 2. The van der Waals surface area contributed by atoms with Crippen molar-refractivity contribution in [2.45, 2.75) is 70.2 Å². The Kier molecular flexibility index (Phi) is 6.85. The van der Waals surface area contributed by atoms with E-state index >= 15 is 0 Å². The predicted molar refractivity (Wildman–Crippen MR) is 152 cm³/mol. The van der Waals surface area contributed by atoms with Crippen LogP contribution in [0.4, 0.5) is 5.82 Å². The zero-order valence-electron chi connectivity index (χ0n) is 23.6. The molecule has 10 heteroatoms. The third-order valence-electron chi connectivity index (χ3n) is 8.91. The highest BCUT2D eigenvalue weighted by atomic mass is 32.2. The van der Waals surface area contributed by atoms with Crippen molar-refractivity contribution in [2.75, 3.05) is 18.1 Å². The fraction of sp³-hybridized carbons (Fsp3) is 0.586. The summed E-state index contributed by atoms with van der Waals surface area (Å²) in [4.78, 5) is 21.7. The molecule has 6 rings (SSSR count). The van der Waals surface area contributed by atoms with Gasteiger partial charge in [-0.2, -0.15) is 5.10 Å². The van der Waals surface area contributed by atoms with Crippen LogP contribution in [0.15, 0.2) is 35.5 Å². The Labute approximate surface area is 234 Å². The van der Waals surface area contributed by atoms with Crippen LogP contribution in [0.2, 0.25) is 0 Å². The number of nitrogens with zero attached hydrogens (tertiary/aromatic N) is 6. The SMILES string of the molecule is Cc1nn(C)cc1SNC(=O)c1ccc(-n2ccc(OCC3C4CCC3CC4)n2)nc1N1C[C@@H](C)CC1(C)C. The van der Waals surface area contributed by atoms with Gasteiger partial charge in [-0.15, -0.1) is 5.10 Å². The largest absolute Gasteiger partial charge is 0.476 e. The Bertz CT molecular complexity index is 1350. The average Bonchev–Trinajstić information content (AvgIpc) is 3.71. The molecule has 3 fully saturated rings. The summed E-state index contributed by atoms with van der Waals surface area (Å²) in [5.41, 5.74) is 1.31. The molecule has 0 spiro atoms. The highest BCUT2D eigenvalue weighted by Gasteiger charge is 2.42. The molecule has 3 aromatic heterocycles. The number of pyridine rings is 1. The number of amides is 1. The molecule has 2 aliphatic carbocycles. The van der Waals surface area contributed by atoms with Crippen molar-refractivity contribution in [2.24, 2.45) is 30.7 Å². The maximum Gasteiger partial charge on any atom is 0.265 e.